The number of nitrogens with one attached hydrogen (secondary N) is 1. The molecule has 3 N–H and O–H groups in total. The summed E-state index contributed by atoms with van der Waals surface area (Å²) in [5, 5.41) is 7.63. The van der Waals surface area contributed by atoms with Gasteiger partial charge in [-0.15, -0.1) is 0 Å². The molecule has 3 nitrogen and oxygen atoms in total. The minimum atomic E-state index is -0.140. The Morgan fingerprint density at radius 1 is 1.32 bits per heavy atom. The molecule has 1 aliphatic rings. The molecule has 1 fully saturated rings. The van der Waals surface area contributed by atoms with E-state index >= 15 is 0 Å². The molecule has 0 heterocycles. The molecule has 0 atom stereocenters. The standard InChI is InChI=1S/C16H33N3/c1-13(2)12-19(14-8-5-6-9-14)11-7-10-16(3,4)15(17)18/h13-14H,5-12H2,1-4H3,(H3,17,18). The highest BCUT2D eigenvalue weighted by atomic mass is 15.2. The van der Waals surface area contributed by atoms with E-state index < -0.39 is 0 Å². The Kier molecular flexibility index (Phi) is 6.31. The van der Waals surface area contributed by atoms with Gasteiger partial charge < -0.3 is 10.6 Å². The van der Waals surface area contributed by atoms with Crippen molar-refractivity contribution in [1.82, 2.24) is 4.90 Å². The van der Waals surface area contributed by atoms with Crippen molar-refractivity contribution in [1.29, 1.82) is 5.41 Å². The molecule has 19 heavy (non-hydrogen) atoms. The molecule has 0 aliphatic heterocycles. The molecule has 1 aliphatic carbocycles. The molecule has 0 bridgehead atoms. The molecular weight excluding hydrogens is 234 g/mol. The molecule has 0 saturated heterocycles. The van der Waals surface area contributed by atoms with Crippen molar-refractivity contribution < 1.29 is 0 Å². The van der Waals surface area contributed by atoms with Crippen LogP contribution in [0, 0.1) is 16.7 Å². The number of rotatable bonds is 8. The van der Waals surface area contributed by atoms with Crippen molar-refractivity contribution in [3.8, 4) is 0 Å². The van der Waals surface area contributed by atoms with Gasteiger partial charge in [0.25, 0.3) is 0 Å². The van der Waals surface area contributed by atoms with Gasteiger partial charge in [0.05, 0.1) is 5.84 Å². The molecule has 1 rings (SSSR count). The van der Waals surface area contributed by atoms with Crippen LogP contribution < -0.4 is 5.73 Å². The summed E-state index contributed by atoms with van der Waals surface area (Å²) in [5.74, 6) is 1.06. The van der Waals surface area contributed by atoms with Crippen molar-refractivity contribution in [2.24, 2.45) is 17.1 Å². The summed E-state index contributed by atoms with van der Waals surface area (Å²) in [6.07, 6.45) is 7.72. The predicted octanol–water partition coefficient (Wildman–Crippen LogP) is 3.63. The third-order valence-electron chi connectivity index (χ3n) is 4.42. The van der Waals surface area contributed by atoms with Gasteiger partial charge in [0, 0.05) is 18.0 Å². The maximum Gasteiger partial charge on any atom is 0.0963 e. The monoisotopic (exact) mass is 267 g/mol. The van der Waals surface area contributed by atoms with Crippen LogP contribution in [-0.4, -0.2) is 29.9 Å². The molecule has 0 unspecified atom stereocenters. The number of nitrogens with zero attached hydrogens (tertiary/aromatic N) is 1. The quantitative estimate of drug-likeness (QED) is 0.521. The first-order valence-corrected chi connectivity index (χ1v) is 7.91. The lowest BCUT2D eigenvalue weighted by Crippen LogP contribution is -2.38. The summed E-state index contributed by atoms with van der Waals surface area (Å²) in [7, 11) is 0. The molecule has 3 heteroatoms. The molecule has 0 aromatic heterocycles. The van der Waals surface area contributed by atoms with E-state index in [0.29, 0.717) is 5.84 Å². The van der Waals surface area contributed by atoms with Crippen molar-refractivity contribution in [2.45, 2.75) is 72.3 Å². The highest BCUT2D eigenvalue weighted by Gasteiger charge is 2.25. The summed E-state index contributed by atoms with van der Waals surface area (Å²) in [6.45, 7) is 11.2. The SMILES string of the molecule is CC(C)CN(CCCC(C)(C)C(=N)N)C1CCCC1. The minimum Gasteiger partial charge on any atom is -0.387 e. The second kappa shape index (κ2) is 7.28. The highest BCUT2D eigenvalue weighted by Crippen LogP contribution is 2.26. The molecule has 1 saturated carbocycles. The van der Waals surface area contributed by atoms with Crippen molar-refractivity contribution in [2.75, 3.05) is 13.1 Å². The summed E-state index contributed by atoms with van der Waals surface area (Å²) in [5.41, 5.74) is 5.52. The smallest absolute Gasteiger partial charge is 0.0963 e. The summed E-state index contributed by atoms with van der Waals surface area (Å²) in [6, 6.07) is 0.808. The van der Waals surface area contributed by atoms with Gasteiger partial charge in [-0.05, 0) is 38.1 Å². The third-order valence-corrected chi connectivity index (χ3v) is 4.42. The predicted molar refractivity (Wildman–Crippen MR) is 83.6 cm³/mol. The topological polar surface area (TPSA) is 53.1 Å². The average molecular weight is 267 g/mol. The zero-order valence-electron chi connectivity index (χ0n) is 13.3. The number of hydrogen-bond donors (Lipinski definition) is 2. The van der Waals surface area contributed by atoms with Gasteiger partial charge in [-0.1, -0.05) is 40.5 Å². The molecule has 0 radical (unpaired) electrons. The maximum atomic E-state index is 7.63. The first-order chi connectivity index (χ1) is 8.83. The first-order valence-electron chi connectivity index (χ1n) is 7.91. The van der Waals surface area contributed by atoms with Crippen LogP contribution in [-0.2, 0) is 0 Å². The van der Waals surface area contributed by atoms with Gasteiger partial charge in [-0.3, -0.25) is 5.41 Å². The van der Waals surface area contributed by atoms with E-state index in [0.717, 1.165) is 24.8 Å². The van der Waals surface area contributed by atoms with E-state index in [1.165, 1.54) is 38.8 Å². The van der Waals surface area contributed by atoms with E-state index in [2.05, 4.69) is 32.6 Å². The lowest BCUT2D eigenvalue weighted by atomic mass is 9.86. The van der Waals surface area contributed by atoms with E-state index in [9.17, 15) is 0 Å². The Morgan fingerprint density at radius 2 is 1.89 bits per heavy atom. The third kappa shape index (κ3) is 5.52. The number of hydrogen-bond acceptors (Lipinski definition) is 2. The Morgan fingerprint density at radius 3 is 2.37 bits per heavy atom. The van der Waals surface area contributed by atoms with Crippen molar-refractivity contribution in [3.05, 3.63) is 0 Å². The van der Waals surface area contributed by atoms with Crippen LogP contribution >= 0.6 is 0 Å². The van der Waals surface area contributed by atoms with E-state index in [1.54, 1.807) is 0 Å². The maximum absolute atomic E-state index is 7.63. The minimum absolute atomic E-state index is 0.140. The molecule has 0 amide bonds. The van der Waals surface area contributed by atoms with E-state index in [1.807, 2.05) is 0 Å². The zero-order chi connectivity index (χ0) is 14.5. The van der Waals surface area contributed by atoms with Gasteiger partial charge >= 0.3 is 0 Å². The Labute approximate surface area is 119 Å². The normalized spacial score (nSPS) is 17.6. The average Bonchev–Trinajstić information content (AvgIpc) is 2.80. The van der Waals surface area contributed by atoms with Crippen LogP contribution in [0.4, 0.5) is 0 Å². The molecular formula is C16H33N3. The number of amidine groups is 1. The van der Waals surface area contributed by atoms with E-state index in [4.69, 9.17) is 11.1 Å². The summed E-state index contributed by atoms with van der Waals surface area (Å²) in [4.78, 5) is 2.69. The van der Waals surface area contributed by atoms with Gasteiger partial charge in [0.2, 0.25) is 0 Å². The largest absolute Gasteiger partial charge is 0.387 e. The fraction of sp³-hybridized carbons (Fsp3) is 0.938. The van der Waals surface area contributed by atoms with Gasteiger partial charge in [0.1, 0.15) is 0 Å². The fourth-order valence-electron chi connectivity index (χ4n) is 3.02. The van der Waals surface area contributed by atoms with Crippen LogP contribution in [0.1, 0.15) is 66.2 Å². The second-order valence-corrected chi connectivity index (χ2v) is 7.23. The number of nitrogens with two attached hydrogens (primary N) is 1. The first kappa shape index (κ1) is 16.5. The van der Waals surface area contributed by atoms with Crippen molar-refractivity contribution >= 4 is 5.84 Å². The highest BCUT2D eigenvalue weighted by molar-refractivity contribution is 5.82. The summed E-state index contributed by atoms with van der Waals surface area (Å²) >= 11 is 0. The lowest BCUT2D eigenvalue weighted by Gasteiger charge is -2.32. The van der Waals surface area contributed by atoms with Crippen LogP contribution in [0.15, 0.2) is 0 Å². The lowest BCUT2D eigenvalue weighted by molar-refractivity contribution is 0.169. The van der Waals surface area contributed by atoms with Crippen LogP contribution in [0.25, 0.3) is 0 Å². The second-order valence-electron chi connectivity index (χ2n) is 7.23. The van der Waals surface area contributed by atoms with Crippen LogP contribution in [0.5, 0.6) is 0 Å². The van der Waals surface area contributed by atoms with Gasteiger partial charge in [-0.2, -0.15) is 0 Å². The van der Waals surface area contributed by atoms with E-state index in [-0.39, 0.29) is 5.41 Å². The molecule has 112 valence electrons. The van der Waals surface area contributed by atoms with Crippen molar-refractivity contribution in [3.63, 3.8) is 0 Å². The van der Waals surface area contributed by atoms with Crippen LogP contribution in [0.3, 0.4) is 0 Å². The Hall–Kier alpha value is -0.570. The summed E-state index contributed by atoms with van der Waals surface area (Å²) < 4.78 is 0. The molecule has 0 spiro atoms. The fourth-order valence-corrected chi connectivity index (χ4v) is 3.02. The zero-order valence-corrected chi connectivity index (χ0v) is 13.3. The molecule has 0 aromatic carbocycles. The Balaban J connectivity index is 2.42. The van der Waals surface area contributed by atoms with Gasteiger partial charge in [0.15, 0.2) is 0 Å². The molecule has 0 aromatic rings. The Bertz CT molecular complexity index is 278. The van der Waals surface area contributed by atoms with Gasteiger partial charge in [-0.25, -0.2) is 0 Å². The van der Waals surface area contributed by atoms with Crippen LogP contribution in [0.2, 0.25) is 0 Å².